The van der Waals surface area contributed by atoms with Crippen molar-refractivity contribution in [3.05, 3.63) is 33.9 Å². The molecule has 0 saturated carbocycles. The number of benzene rings is 1. The monoisotopic (exact) mass is 281 g/mol. The Morgan fingerprint density at radius 1 is 1.35 bits per heavy atom. The molecule has 2 amide bonds. The Hall–Kier alpha value is -2.64. The van der Waals surface area contributed by atoms with E-state index >= 15 is 0 Å². The number of primary amides is 1. The van der Waals surface area contributed by atoms with Crippen molar-refractivity contribution in [2.45, 2.75) is 26.4 Å². The molecule has 0 radical (unpaired) electrons. The molecular formula is C12H15N3O5. The van der Waals surface area contributed by atoms with Crippen LogP contribution < -0.4 is 11.1 Å². The molecular weight excluding hydrogens is 266 g/mol. The van der Waals surface area contributed by atoms with Crippen LogP contribution in [-0.2, 0) is 4.74 Å². The number of nitrogens with two attached hydrogens (primary N) is 1. The number of nitro groups is 1. The van der Waals surface area contributed by atoms with E-state index in [4.69, 9.17) is 10.5 Å². The minimum absolute atomic E-state index is 0.0218. The van der Waals surface area contributed by atoms with Gasteiger partial charge in [-0.3, -0.25) is 20.2 Å². The van der Waals surface area contributed by atoms with Crippen LogP contribution in [0.3, 0.4) is 0 Å². The van der Waals surface area contributed by atoms with Crippen molar-refractivity contribution in [1.29, 1.82) is 0 Å². The number of carbonyl (C=O) groups is 2. The summed E-state index contributed by atoms with van der Waals surface area (Å²) in [5.41, 5.74) is 3.78. The molecule has 0 saturated heterocycles. The van der Waals surface area contributed by atoms with Crippen molar-refractivity contribution in [3.63, 3.8) is 0 Å². The van der Waals surface area contributed by atoms with E-state index in [1.807, 2.05) is 0 Å². The first-order chi connectivity index (χ1) is 9.10. The number of amides is 2. The second-order valence-corrected chi connectivity index (χ2v) is 4.98. The van der Waals surface area contributed by atoms with Crippen molar-refractivity contribution < 1.29 is 19.2 Å². The number of hydrogen-bond acceptors (Lipinski definition) is 5. The summed E-state index contributed by atoms with van der Waals surface area (Å²) in [6, 6.07) is 3.50. The molecule has 1 aromatic carbocycles. The highest BCUT2D eigenvalue weighted by Gasteiger charge is 2.21. The van der Waals surface area contributed by atoms with Crippen molar-refractivity contribution in [3.8, 4) is 0 Å². The zero-order valence-corrected chi connectivity index (χ0v) is 11.3. The summed E-state index contributed by atoms with van der Waals surface area (Å²) in [6.45, 7) is 4.99. The van der Waals surface area contributed by atoms with Gasteiger partial charge >= 0.3 is 6.09 Å². The third-order valence-corrected chi connectivity index (χ3v) is 2.11. The van der Waals surface area contributed by atoms with Crippen LogP contribution in [0.4, 0.5) is 16.2 Å². The van der Waals surface area contributed by atoms with Crippen LogP contribution in [-0.4, -0.2) is 22.5 Å². The van der Waals surface area contributed by atoms with Gasteiger partial charge in [0, 0.05) is 11.6 Å². The molecule has 1 aromatic rings. The molecule has 3 N–H and O–H groups in total. The fourth-order valence-electron chi connectivity index (χ4n) is 1.36. The number of nitrogens with one attached hydrogen (secondary N) is 1. The van der Waals surface area contributed by atoms with Gasteiger partial charge in [0.1, 0.15) is 11.3 Å². The molecule has 0 aliphatic rings. The number of nitro benzene ring substituents is 1. The van der Waals surface area contributed by atoms with E-state index in [9.17, 15) is 19.7 Å². The van der Waals surface area contributed by atoms with Gasteiger partial charge in [0.25, 0.3) is 5.69 Å². The van der Waals surface area contributed by atoms with Crippen molar-refractivity contribution >= 4 is 23.4 Å². The second-order valence-electron chi connectivity index (χ2n) is 4.98. The maximum Gasteiger partial charge on any atom is 0.412 e. The first kappa shape index (κ1) is 15.4. The quantitative estimate of drug-likeness (QED) is 0.647. The molecule has 0 heterocycles. The summed E-state index contributed by atoms with van der Waals surface area (Å²) in [5, 5.41) is 13.2. The number of rotatable bonds is 3. The summed E-state index contributed by atoms with van der Waals surface area (Å²) in [4.78, 5) is 32.8. The maximum atomic E-state index is 11.6. The highest BCUT2D eigenvalue weighted by molar-refractivity contribution is 5.96. The molecule has 8 heteroatoms. The SMILES string of the molecule is CC(C)(C)OC(=O)Nc1ccc(C(N)=O)cc1[N+](=O)[O-]. The number of carbonyl (C=O) groups excluding carboxylic acids is 2. The Kier molecular flexibility index (Phi) is 4.28. The fraction of sp³-hybridized carbons (Fsp3) is 0.333. The topological polar surface area (TPSA) is 125 Å². The van der Waals surface area contributed by atoms with Crippen LogP contribution in [0.2, 0.25) is 0 Å². The molecule has 0 fully saturated rings. The minimum Gasteiger partial charge on any atom is -0.444 e. The van der Waals surface area contributed by atoms with E-state index in [0.29, 0.717) is 0 Å². The van der Waals surface area contributed by atoms with Crippen molar-refractivity contribution in [1.82, 2.24) is 0 Å². The summed E-state index contributed by atoms with van der Waals surface area (Å²) in [6.07, 6.45) is -0.826. The first-order valence-electron chi connectivity index (χ1n) is 5.68. The average Bonchev–Trinajstić information content (AvgIpc) is 2.25. The summed E-state index contributed by atoms with van der Waals surface area (Å²) in [5.74, 6) is -0.795. The second kappa shape index (κ2) is 5.55. The zero-order valence-electron chi connectivity index (χ0n) is 11.3. The minimum atomic E-state index is -0.826. The Morgan fingerprint density at radius 2 is 1.95 bits per heavy atom. The number of nitrogens with zero attached hydrogens (tertiary/aromatic N) is 1. The smallest absolute Gasteiger partial charge is 0.412 e. The molecule has 0 bridgehead atoms. The highest BCUT2D eigenvalue weighted by atomic mass is 16.6. The maximum absolute atomic E-state index is 11.6. The zero-order chi connectivity index (χ0) is 15.5. The number of hydrogen-bond donors (Lipinski definition) is 2. The lowest BCUT2D eigenvalue weighted by Crippen LogP contribution is -2.27. The van der Waals surface area contributed by atoms with E-state index in [1.165, 1.54) is 12.1 Å². The molecule has 0 atom stereocenters. The van der Waals surface area contributed by atoms with Gasteiger partial charge in [-0.25, -0.2) is 4.79 Å². The first-order valence-corrected chi connectivity index (χ1v) is 5.68. The fourth-order valence-corrected chi connectivity index (χ4v) is 1.36. The van der Waals surface area contributed by atoms with Crippen LogP contribution in [0.5, 0.6) is 0 Å². The molecule has 0 aliphatic carbocycles. The van der Waals surface area contributed by atoms with Crippen LogP contribution in [0.25, 0.3) is 0 Å². The van der Waals surface area contributed by atoms with Crippen LogP contribution in [0.1, 0.15) is 31.1 Å². The largest absolute Gasteiger partial charge is 0.444 e. The van der Waals surface area contributed by atoms with Gasteiger partial charge in [0.15, 0.2) is 0 Å². The lowest BCUT2D eigenvalue weighted by atomic mass is 10.1. The number of anilines is 1. The lowest BCUT2D eigenvalue weighted by molar-refractivity contribution is -0.383. The van der Waals surface area contributed by atoms with Gasteiger partial charge in [0.05, 0.1) is 4.92 Å². The predicted octanol–water partition coefficient (Wildman–Crippen LogP) is 2.04. The van der Waals surface area contributed by atoms with E-state index in [0.717, 1.165) is 6.07 Å². The molecule has 20 heavy (non-hydrogen) atoms. The molecule has 0 aliphatic heterocycles. The van der Waals surface area contributed by atoms with E-state index < -0.39 is 28.2 Å². The molecule has 0 unspecified atom stereocenters. The molecule has 0 spiro atoms. The molecule has 8 nitrogen and oxygen atoms in total. The van der Waals surface area contributed by atoms with Gasteiger partial charge in [-0.1, -0.05) is 0 Å². The third kappa shape index (κ3) is 4.23. The normalized spacial score (nSPS) is 10.8. The van der Waals surface area contributed by atoms with Gasteiger partial charge in [-0.05, 0) is 32.9 Å². The highest BCUT2D eigenvalue weighted by Crippen LogP contribution is 2.26. The van der Waals surface area contributed by atoms with E-state index in [1.54, 1.807) is 20.8 Å². The van der Waals surface area contributed by atoms with Gasteiger partial charge in [-0.2, -0.15) is 0 Å². The van der Waals surface area contributed by atoms with Crippen LogP contribution in [0, 0.1) is 10.1 Å². The Bertz CT molecular complexity index is 563. The van der Waals surface area contributed by atoms with E-state index in [-0.39, 0.29) is 11.3 Å². The number of ether oxygens (including phenoxy) is 1. The third-order valence-electron chi connectivity index (χ3n) is 2.11. The summed E-state index contributed by atoms with van der Waals surface area (Å²) in [7, 11) is 0. The molecule has 1 rings (SSSR count). The predicted molar refractivity (Wildman–Crippen MR) is 71.5 cm³/mol. The van der Waals surface area contributed by atoms with Crippen molar-refractivity contribution in [2.24, 2.45) is 5.73 Å². The Morgan fingerprint density at radius 3 is 2.40 bits per heavy atom. The molecule has 0 aromatic heterocycles. The van der Waals surface area contributed by atoms with Gasteiger partial charge in [0.2, 0.25) is 5.91 Å². The molecule has 108 valence electrons. The average molecular weight is 281 g/mol. The van der Waals surface area contributed by atoms with E-state index in [2.05, 4.69) is 5.32 Å². The van der Waals surface area contributed by atoms with Crippen LogP contribution in [0.15, 0.2) is 18.2 Å². The van der Waals surface area contributed by atoms with Crippen LogP contribution >= 0.6 is 0 Å². The van der Waals surface area contributed by atoms with Crippen molar-refractivity contribution in [2.75, 3.05) is 5.32 Å². The van der Waals surface area contributed by atoms with Gasteiger partial charge < -0.3 is 10.5 Å². The summed E-state index contributed by atoms with van der Waals surface area (Å²) >= 11 is 0. The standard InChI is InChI=1S/C12H15N3O5/c1-12(2,3)20-11(17)14-8-5-4-7(10(13)16)6-9(8)15(18)19/h4-6H,1-3H3,(H2,13,16)(H,14,17). The Labute approximate surface area is 115 Å². The summed E-state index contributed by atoms with van der Waals surface area (Å²) < 4.78 is 4.99. The Balaban J connectivity index is 3.03. The van der Waals surface area contributed by atoms with Gasteiger partial charge in [-0.15, -0.1) is 0 Å². The lowest BCUT2D eigenvalue weighted by Gasteiger charge is -2.19.